The molecule has 3 N–H and O–H groups in total. The Labute approximate surface area is 103 Å². The average Bonchev–Trinajstić information content (AvgIpc) is 2.48. The summed E-state index contributed by atoms with van der Waals surface area (Å²) in [5.74, 6) is -0.711. The van der Waals surface area contributed by atoms with Crippen molar-refractivity contribution in [3.63, 3.8) is 0 Å². The molecule has 0 aromatic carbocycles. The lowest BCUT2D eigenvalue weighted by Crippen LogP contribution is -2.39. The Kier molecular flexibility index (Phi) is 7.21. The van der Waals surface area contributed by atoms with Gasteiger partial charge in [0.25, 0.3) is 0 Å². The number of unbranched alkanes of at least 4 members (excludes halogenated alkanes) is 2. The van der Waals surface area contributed by atoms with Gasteiger partial charge in [0, 0.05) is 12.5 Å². The van der Waals surface area contributed by atoms with Gasteiger partial charge in [0.15, 0.2) is 0 Å². The van der Waals surface area contributed by atoms with Crippen molar-refractivity contribution >= 4 is 5.97 Å². The third-order valence-corrected chi connectivity index (χ3v) is 3.45. The highest BCUT2D eigenvalue weighted by atomic mass is 16.4. The molecule has 2 atom stereocenters. The van der Waals surface area contributed by atoms with Crippen molar-refractivity contribution in [2.45, 2.75) is 69.9 Å². The second-order valence-electron chi connectivity index (χ2n) is 4.97. The lowest BCUT2D eigenvalue weighted by molar-refractivity contribution is -0.137. The maximum atomic E-state index is 10.3. The summed E-state index contributed by atoms with van der Waals surface area (Å²) in [7, 11) is 0. The van der Waals surface area contributed by atoms with Gasteiger partial charge < -0.3 is 15.5 Å². The van der Waals surface area contributed by atoms with E-state index in [2.05, 4.69) is 5.32 Å². The highest BCUT2D eigenvalue weighted by Crippen LogP contribution is 2.18. The molecule has 1 aliphatic carbocycles. The predicted molar refractivity (Wildman–Crippen MR) is 67.0 cm³/mol. The number of aliphatic carboxylic acids is 1. The molecule has 0 saturated heterocycles. The van der Waals surface area contributed by atoms with E-state index in [1.807, 2.05) is 0 Å². The number of aliphatic hydroxyl groups is 1. The van der Waals surface area contributed by atoms with Gasteiger partial charge in [0.1, 0.15) is 0 Å². The topological polar surface area (TPSA) is 69.6 Å². The molecule has 0 heterocycles. The van der Waals surface area contributed by atoms with Gasteiger partial charge in [-0.15, -0.1) is 0 Å². The summed E-state index contributed by atoms with van der Waals surface area (Å²) in [6.45, 7) is 0.890. The van der Waals surface area contributed by atoms with Gasteiger partial charge in [0.05, 0.1) is 6.10 Å². The Bertz CT molecular complexity index is 221. The van der Waals surface area contributed by atoms with Gasteiger partial charge in [-0.3, -0.25) is 4.79 Å². The summed E-state index contributed by atoms with van der Waals surface area (Å²) in [6, 6.07) is 0.247. The molecule has 0 bridgehead atoms. The van der Waals surface area contributed by atoms with E-state index in [4.69, 9.17) is 5.11 Å². The highest BCUT2D eigenvalue weighted by molar-refractivity contribution is 5.66. The summed E-state index contributed by atoms with van der Waals surface area (Å²) in [4.78, 5) is 10.3. The van der Waals surface area contributed by atoms with Crippen LogP contribution in [-0.2, 0) is 4.79 Å². The quantitative estimate of drug-likeness (QED) is 0.472. The zero-order chi connectivity index (χ0) is 12.5. The van der Waals surface area contributed by atoms with Crippen LogP contribution in [0, 0.1) is 0 Å². The first-order chi connectivity index (χ1) is 8.20. The number of nitrogens with one attached hydrogen (secondary N) is 1. The smallest absolute Gasteiger partial charge is 0.303 e. The standard InChI is InChI=1S/C13H25NO3/c15-12-8-4-1-3-7-11(12)14-10-6-2-5-9-13(16)17/h11-12,14-15H,1-10H2,(H,16,17). The molecule has 1 rings (SSSR count). The maximum Gasteiger partial charge on any atom is 0.303 e. The average molecular weight is 243 g/mol. The van der Waals surface area contributed by atoms with Crippen LogP contribution in [0.1, 0.15) is 57.8 Å². The molecule has 0 aromatic heterocycles. The van der Waals surface area contributed by atoms with E-state index in [0.717, 1.165) is 45.1 Å². The maximum absolute atomic E-state index is 10.3. The second-order valence-corrected chi connectivity index (χ2v) is 4.97. The van der Waals surface area contributed by atoms with Crippen molar-refractivity contribution < 1.29 is 15.0 Å². The molecule has 0 spiro atoms. The van der Waals surface area contributed by atoms with Crippen LogP contribution in [0.2, 0.25) is 0 Å². The SMILES string of the molecule is O=C(O)CCCCCNC1CCCCCC1O. The van der Waals surface area contributed by atoms with Gasteiger partial charge >= 0.3 is 5.97 Å². The van der Waals surface area contributed by atoms with Crippen LogP contribution in [0.25, 0.3) is 0 Å². The first kappa shape index (κ1) is 14.5. The number of carboxylic acids is 1. The number of hydrogen-bond donors (Lipinski definition) is 3. The van der Waals surface area contributed by atoms with E-state index in [9.17, 15) is 9.90 Å². The van der Waals surface area contributed by atoms with Gasteiger partial charge in [-0.25, -0.2) is 0 Å². The number of carboxylic acid groups (broad SMARTS) is 1. The zero-order valence-electron chi connectivity index (χ0n) is 10.5. The number of aliphatic hydroxyl groups excluding tert-OH is 1. The van der Waals surface area contributed by atoms with Crippen LogP contribution in [0.4, 0.5) is 0 Å². The van der Waals surface area contributed by atoms with Crippen LogP contribution in [0.3, 0.4) is 0 Å². The van der Waals surface area contributed by atoms with Crippen molar-refractivity contribution in [2.24, 2.45) is 0 Å². The molecule has 0 aliphatic heterocycles. The van der Waals surface area contributed by atoms with Crippen LogP contribution in [0.15, 0.2) is 0 Å². The molecule has 100 valence electrons. The van der Waals surface area contributed by atoms with Crippen LogP contribution < -0.4 is 5.32 Å². The minimum absolute atomic E-state index is 0.198. The van der Waals surface area contributed by atoms with Crippen molar-refractivity contribution in [2.75, 3.05) is 6.54 Å². The predicted octanol–water partition coefficient (Wildman–Crippen LogP) is 1.91. The van der Waals surface area contributed by atoms with Gasteiger partial charge in [-0.2, -0.15) is 0 Å². The second kappa shape index (κ2) is 8.48. The Morgan fingerprint density at radius 3 is 2.65 bits per heavy atom. The number of hydrogen-bond acceptors (Lipinski definition) is 3. The van der Waals surface area contributed by atoms with E-state index in [-0.39, 0.29) is 18.6 Å². The first-order valence-electron chi connectivity index (χ1n) is 6.83. The monoisotopic (exact) mass is 243 g/mol. The third kappa shape index (κ3) is 6.64. The molecule has 0 aromatic rings. The highest BCUT2D eigenvalue weighted by Gasteiger charge is 2.20. The van der Waals surface area contributed by atoms with Crippen LogP contribution in [-0.4, -0.2) is 34.9 Å². The fraction of sp³-hybridized carbons (Fsp3) is 0.923. The molecular weight excluding hydrogens is 218 g/mol. The Hall–Kier alpha value is -0.610. The Morgan fingerprint density at radius 2 is 1.88 bits per heavy atom. The molecule has 17 heavy (non-hydrogen) atoms. The number of carbonyl (C=O) groups is 1. The zero-order valence-corrected chi connectivity index (χ0v) is 10.5. The van der Waals surface area contributed by atoms with Crippen molar-refractivity contribution in [1.82, 2.24) is 5.32 Å². The van der Waals surface area contributed by atoms with Crippen LogP contribution in [0.5, 0.6) is 0 Å². The number of rotatable bonds is 7. The molecule has 0 amide bonds. The van der Waals surface area contributed by atoms with E-state index in [1.54, 1.807) is 0 Å². The summed E-state index contributed by atoms with van der Waals surface area (Å²) in [6.07, 6.45) is 8.32. The largest absolute Gasteiger partial charge is 0.481 e. The Balaban J connectivity index is 2.02. The van der Waals surface area contributed by atoms with E-state index < -0.39 is 5.97 Å². The molecule has 4 heteroatoms. The van der Waals surface area contributed by atoms with E-state index >= 15 is 0 Å². The molecule has 2 unspecified atom stereocenters. The van der Waals surface area contributed by atoms with Crippen LogP contribution >= 0.6 is 0 Å². The first-order valence-corrected chi connectivity index (χ1v) is 6.83. The normalized spacial score (nSPS) is 25.5. The van der Waals surface area contributed by atoms with Gasteiger partial charge in [0.2, 0.25) is 0 Å². The molecular formula is C13H25NO3. The fourth-order valence-corrected chi connectivity index (χ4v) is 2.39. The Morgan fingerprint density at radius 1 is 1.12 bits per heavy atom. The molecule has 0 radical (unpaired) electrons. The summed E-state index contributed by atoms with van der Waals surface area (Å²) < 4.78 is 0. The molecule has 1 fully saturated rings. The summed E-state index contributed by atoms with van der Waals surface area (Å²) >= 11 is 0. The van der Waals surface area contributed by atoms with E-state index in [0.29, 0.717) is 0 Å². The van der Waals surface area contributed by atoms with Gasteiger partial charge in [-0.1, -0.05) is 25.7 Å². The van der Waals surface area contributed by atoms with Crippen molar-refractivity contribution in [3.8, 4) is 0 Å². The van der Waals surface area contributed by atoms with Crippen molar-refractivity contribution in [3.05, 3.63) is 0 Å². The van der Waals surface area contributed by atoms with Crippen molar-refractivity contribution in [1.29, 1.82) is 0 Å². The lowest BCUT2D eigenvalue weighted by Gasteiger charge is -2.21. The molecule has 4 nitrogen and oxygen atoms in total. The minimum Gasteiger partial charge on any atom is -0.481 e. The van der Waals surface area contributed by atoms with Gasteiger partial charge in [-0.05, 0) is 32.2 Å². The fourth-order valence-electron chi connectivity index (χ4n) is 2.39. The van der Waals surface area contributed by atoms with E-state index in [1.165, 1.54) is 12.8 Å². The lowest BCUT2D eigenvalue weighted by atomic mass is 10.1. The molecule has 1 saturated carbocycles. The third-order valence-electron chi connectivity index (χ3n) is 3.45. The summed E-state index contributed by atoms with van der Waals surface area (Å²) in [5.41, 5.74) is 0. The molecule has 1 aliphatic rings. The minimum atomic E-state index is -0.711. The summed E-state index contributed by atoms with van der Waals surface area (Å²) in [5, 5.41) is 21.8.